The van der Waals surface area contributed by atoms with E-state index in [1.54, 1.807) is 0 Å². The maximum atomic E-state index is 9.46. The molecule has 0 heterocycles. The molecule has 0 saturated carbocycles. The second kappa shape index (κ2) is 6.20. The Kier molecular flexibility index (Phi) is 10.6. The predicted molar refractivity (Wildman–Crippen MR) is 33.7 cm³/mol. The molecule has 34 valence electrons. The predicted octanol–water partition coefficient (Wildman–Crippen LogP) is -2.53. The van der Waals surface area contributed by atoms with Crippen LogP contribution >= 0.6 is 0 Å². The van der Waals surface area contributed by atoms with Crippen LogP contribution in [0.3, 0.4) is 0 Å². The van der Waals surface area contributed by atoms with Crippen molar-refractivity contribution in [2.75, 3.05) is 0 Å². The Morgan fingerprint density at radius 3 is 2.00 bits per heavy atom. The van der Waals surface area contributed by atoms with Gasteiger partial charge in [-0.05, 0) is 0 Å². The number of hydrogen-bond acceptors (Lipinski definition) is 1. The van der Waals surface area contributed by atoms with Crippen molar-refractivity contribution in [3.63, 3.8) is 0 Å². The summed E-state index contributed by atoms with van der Waals surface area (Å²) in [6, 6.07) is 0. The molecule has 0 aromatic rings. The minimum absolute atomic E-state index is 0. The van der Waals surface area contributed by atoms with E-state index in [1.165, 1.54) is 0 Å². The van der Waals surface area contributed by atoms with E-state index < -0.39 is 18.6 Å². The van der Waals surface area contributed by atoms with Crippen LogP contribution in [0.25, 0.3) is 0 Å². The Bertz CT molecular complexity index is 48.8. The van der Waals surface area contributed by atoms with Crippen molar-refractivity contribution < 1.29 is 9.90 Å². The van der Waals surface area contributed by atoms with Gasteiger partial charge in [-0.2, -0.15) is 0 Å². The first kappa shape index (κ1) is 10.2. The van der Waals surface area contributed by atoms with Gasteiger partial charge in [-0.15, -0.1) is 0 Å². The summed E-state index contributed by atoms with van der Waals surface area (Å²) >= 11 is 0.399. The summed E-state index contributed by atoms with van der Waals surface area (Å²) in [4.78, 5) is 9.46. The van der Waals surface area contributed by atoms with Crippen molar-refractivity contribution in [3.8, 4) is 0 Å². The summed E-state index contributed by atoms with van der Waals surface area (Å²) in [5.41, 5.74) is 0. The van der Waals surface area contributed by atoms with Crippen LogP contribution < -0.4 is 0 Å². The molecule has 0 aliphatic carbocycles. The Hall–Kier alpha value is 1.20. The van der Waals surface area contributed by atoms with E-state index in [4.69, 9.17) is 5.11 Å². The maximum absolute atomic E-state index is 9.46. The van der Waals surface area contributed by atoms with Gasteiger partial charge in [0.1, 0.15) is 0 Å². The van der Waals surface area contributed by atoms with Crippen LogP contribution in [-0.2, 0) is 0 Å². The molecule has 1 N–H and O–H groups in total. The summed E-state index contributed by atoms with van der Waals surface area (Å²) < 4.78 is -0.559. The summed E-state index contributed by atoms with van der Waals surface area (Å²) in [5, 5.41) is 7.81. The molecule has 1 unspecified atom stereocenters. The molecule has 0 aliphatic heterocycles. The zero-order chi connectivity index (χ0) is 4.28. The van der Waals surface area contributed by atoms with Crippen molar-refractivity contribution in [3.05, 3.63) is 0 Å². The first-order valence-electron chi connectivity index (χ1n) is 1.18. The minimum atomic E-state index is -0.559. The van der Waals surface area contributed by atoms with Gasteiger partial charge in [0.15, 0.2) is 0 Å². The van der Waals surface area contributed by atoms with Crippen LogP contribution in [0.15, 0.2) is 0 Å². The molecule has 0 radical (unpaired) electrons. The Balaban J connectivity index is 0. The molecule has 0 bridgehead atoms. The average Bonchev–Trinajstić information content (AvgIpc) is 1.38. The third kappa shape index (κ3) is 8.96. The van der Waals surface area contributed by atoms with Gasteiger partial charge in [0.2, 0.25) is 0 Å². The molecule has 0 saturated heterocycles. The zero-order valence-corrected chi connectivity index (χ0v) is 6.95. The third-order valence-corrected chi connectivity index (χ3v) is 3.33. The quantitative estimate of drug-likeness (QED) is 0.497. The number of carboxylic acid groups (broad SMARTS) is 1. The van der Waals surface area contributed by atoms with E-state index in [0.29, 0.717) is 0 Å². The molecule has 0 fully saturated rings. The second-order valence-corrected chi connectivity index (χ2v) is 5.10. The van der Waals surface area contributed by atoms with E-state index in [9.17, 15) is 4.79 Å². The molecular weight excluding hydrogens is 216 g/mol. The molecule has 0 amide bonds. The summed E-state index contributed by atoms with van der Waals surface area (Å²) in [6.45, 7) is 0. The second-order valence-electron chi connectivity index (χ2n) is 0.555. The fraction of sp³-hybridized carbons (Fsp3) is 0. The molecule has 5 heteroatoms. The molecule has 0 aliphatic rings. The molecule has 6 heavy (non-hydrogen) atoms. The van der Waals surface area contributed by atoms with E-state index in [0.717, 1.165) is 14.3 Å². The SMILES string of the molecule is O=C(O)[AsH][AlH2].[GaH3]. The zero-order valence-electron chi connectivity index (χ0n) is 2.86. The van der Waals surface area contributed by atoms with Gasteiger partial charge >= 0.3 is 62.5 Å². The summed E-state index contributed by atoms with van der Waals surface area (Å²) in [5.74, 6) is 0. The number of rotatable bonds is 1. The van der Waals surface area contributed by atoms with Crippen LogP contribution in [0.1, 0.15) is 0 Å². The number of hydrogen-bond donors (Lipinski definition) is 1. The van der Waals surface area contributed by atoms with Gasteiger partial charge in [-0.3, -0.25) is 0 Å². The fourth-order valence-corrected chi connectivity index (χ4v) is 0. The van der Waals surface area contributed by atoms with Gasteiger partial charge in [-0.25, -0.2) is 0 Å². The van der Waals surface area contributed by atoms with Crippen molar-refractivity contribution in [1.29, 1.82) is 0 Å². The van der Waals surface area contributed by atoms with Crippen LogP contribution in [0.4, 0.5) is 4.79 Å². The first-order chi connectivity index (χ1) is 2.27. The van der Waals surface area contributed by atoms with Crippen molar-refractivity contribution in [2.45, 2.75) is 0 Å². The van der Waals surface area contributed by atoms with Crippen molar-refractivity contribution in [1.82, 2.24) is 0 Å². The topological polar surface area (TPSA) is 37.3 Å². The average molecular weight is 223 g/mol. The van der Waals surface area contributed by atoms with Gasteiger partial charge in [-0.1, -0.05) is 0 Å². The van der Waals surface area contributed by atoms with E-state index in [2.05, 4.69) is 0 Å². The van der Waals surface area contributed by atoms with E-state index in [1.807, 2.05) is 0 Å². The summed E-state index contributed by atoms with van der Waals surface area (Å²) in [6.07, 6.45) is 0. The normalized spacial score (nSPS) is 8.00. The monoisotopic (exact) mass is 222 g/mol. The Morgan fingerprint density at radius 1 is 1.83 bits per heavy atom. The fourth-order valence-electron chi connectivity index (χ4n) is 0. The Labute approximate surface area is 62.2 Å². The molecule has 0 spiro atoms. The third-order valence-electron chi connectivity index (χ3n) is 0.214. The molecular formula is CH7AlAsGaO2. The van der Waals surface area contributed by atoms with Gasteiger partial charge in [0.25, 0.3) is 0 Å². The van der Waals surface area contributed by atoms with Gasteiger partial charge < -0.3 is 0 Å². The van der Waals surface area contributed by atoms with Crippen LogP contribution in [0.2, 0.25) is 0 Å². The van der Waals surface area contributed by atoms with Crippen molar-refractivity contribution in [2.24, 2.45) is 0 Å². The van der Waals surface area contributed by atoms with Gasteiger partial charge in [0.05, 0.1) is 0 Å². The van der Waals surface area contributed by atoms with E-state index in [-0.39, 0.29) is 19.8 Å². The number of carbonyl (C=O) groups is 1. The van der Waals surface area contributed by atoms with Crippen LogP contribution in [-0.4, -0.2) is 57.7 Å². The Morgan fingerprint density at radius 2 is 2.00 bits per heavy atom. The van der Waals surface area contributed by atoms with Gasteiger partial charge in [0, 0.05) is 0 Å². The summed E-state index contributed by atoms with van der Waals surface area (Å²) in [7, 11) is 0. The standard InChI is InChI=1S/CH2AsO2.Al.Ga.5H/c2-1(3)4;;;;;;;/h2H,(H,3,4);;;;;;;/q-1;+1;;;;;;. The van der Waals surface area contributed by atoms with Crippen LogP contribution in [0.5, 0.6) is 0 Å². The van der Waals surface area contributed by atoms with Crippen LogP contribution in [0, 0.1) is 0 Å². The molecule has 0 aromatic heterocycles. The molecule has 2 nitrogen and oxygen atoms in total. The molecule has 0 aromatic carbocycles. The molecule has 1 atom stereocenters. The molecule has 0 rings (SSSR count). The van der Waals surface area contributed by atoms with Crippen molar-refractivity contribution >= 4 is 52.6 Å². The first-order valence-corrected chi connectivity index (χ1v) is 9.52. The van der Waals surface area contributed by atoms with E-state index >= 15 is 0 Å².